The normalized spacial score (nSPS) is 9.77. The molecule has 70 valence electrons. The number of benzene rings is 1. The van der Waals surface area contributed by atoms with Crippen molar-refractivity contribution in [1.82, 2.24) is 0 Å². The molecule has 0 aliphatic heterocycles. The van der Waals surface area contributed by atoms with E-state index in [4.69, 9.17) is 0 Å². The molecule has 0 saturated carbocycles. The smallest absolute Gasteiger partial charge is 0.0631 e. The fourth-order valence-electron chi connectivity index (χ4n) is 1.04. The van der Waals surface area contributed by atoms with Crippen molar-refractivity contribution >= 4 is 37.5 Å². The topological polar surface area (TPSA) is 12.0 Å². The van der Waals surface area contributed by atoms with Gasteiger partial charge in [0.2, 0.25) is 0 Å². The van der Waals surface area contributed by atoms with E-state index in [1.165, 1.54) is 5.56 Å². The van der Waals surface area contributed by atoms with Crippen LogP contribution in [0.4, 0.5) is 5.69 Å². The average molecular weight is 305 g/mol. The Morgan fingerprint density at radius 1 is 1.38 bits per heavy atom. The molecule has 0 amide bonds. The molecule has 0 fully saturated rings. The van der Waals surface area contributed by atoms with E-state index in [1.54, 1.807) is 0 Å². The Labute approximate surface area is 95.5 Å². The Bertz CT molecular complexity index is 298. The molecule has 0 radical (unpaired) electrons. The molecule has 0 unspecified atom stereocenters. The zero-order valence-corrected chi connectivity index (χ0v) is 10.6. The van der Waals surface area contributed by atoms with E-state index in [9.17, 15) is 0 Å². The summed E-state index contributed by atoms with van der Waals surface area (Å²) in [5.41, 5.74) is 2.30. The van der Waals surface area contributed by atoms with Gasteiger partial charge in [-0.25, -0.2) is 0 Å². The van der Waals surface area contributed by atoms with Gasteiger partial charge in [-0.15, -0.1) is 6.58 Å². The molecule has 0 aliphatic rings. The minimum absolute atomic E-state index is 0.764. The summed E-state index contributed by atoms with van der Waals surface area (Å²) in [4.78, 5) is 0. The van der Waals surface area contributed by atoms with E-state index >= 15 is 0 Å². The standard InChI is InChI=1S/C10H11Br2N/c1-3-4-13-10-8(11)5-7(2)6-9(10)12/h3,5-6,13H,1,4H2,2H3. The summed E-state index contributed by atoms with van der Waals surface area (Å²) in [7, 11) is 0. The number of rotatable bonds is 3. The summed E-state index contributed by atoms with van der Waals surface area (Å²) in [5.74, 6) is 0. The lowest BCUT2D eigenvalue weighted by molar-refractivity contribution is 1.30. The number of hydrogen-bond acceptors (Lipinski definition) is 1. The first-order valence-electron chi connectivity index (χ1n) is 3.95. The molecule has 1 N–H and O–H groups in total. The largest absolute Gasteiger partial charge is 0.380 e. The lowest BCUT2D eigenvalue weighted by atomic mass is 10.2. The second-order valence-corrected chi connectivity index (χ2v) is 4.48. The van der Waals surface area contributed by atoms with Gasteiger partial charge in [-0.1, -0.05) is 6.08 Å². The summed E-state index contributed by atoms with van der Waals surface area (Å²) < 4.78 is 2.14. The maximum absolute atomic E-state index is 3.66. The first kappa shape index (κ1) is 10.8. The van der Waals surface area contributed by atoms with Gasteiger partial charge in [0, 0.05) is 15.5 Å². The number of aryl methyl sites for hydroxylation is 1. The summed E-state index contributed by atoms with van der Waals surface area (Å²) in [5, 5.41) is 3.25. The highest BCUT2D eigenvalue weighted by Gasteiger charge is 2.03. The SMILES string of the molecule is C=CCNc1c(Br)cc(C)cc1Br. The van der Waals surface area contributed by atoms with Crippen molar-refractivity contribution in [2.24, 2.45) is 0 Å². The van der Waals surface area contributed by atoms with Gasteiger partial charge in [0.05, 0.1) is 5.69 Å². The van der Waals surface area contributed by atoms with E-state index in [-0.39, 0.29) is 0 Å². The Morgan fingerprint density at radius 2 is 1.92 bits per heavy atom. The molecular formula is C10H11Br2N. The zero-order valence-electron chi connectivity index (χ0n) is 7.40. The molecule has 1 rings (SSSR count). The van der Waals surface area contributed by atoms with Gasteiger partial charge in [-0.05, 0) is 56.5 Å². The Hall–Kier alpha value is -0.280. The van der Waals surface area contributed by atoms with Crippen molar-refractivity contribution in [3.05, 3.63) is 39.3 Å². The van der Waals surface area contributed by atoms with Gasteiger partial charge in [0.15, 0.2) is 0 Å². The monoisotopic (exact) mass is 303 g/mol. The molecule has 0 aromatic heterocycles. The maximum atomic E-state index is 3.66. The molecule has 0 atom stereocenters. The van der Waals surface area contributed by atoms with Crippen molar-refractivity contribution in [2.75, 3.05) is 11.9 Å². The molecule has 0 aliphatic carbocycles. The van der Waals surface area contributed by atoms with Crippen LogP contribution in [0, 0.1) is 6.92 Å². The Morgan fingerprint density at radius 3 is 2.38 bits per heavy atom. The van der Waals surface area contributed by atoms with Gasteiger partial charge >= 0.3 is 0 Å². The van der Waals surface area contributed by atoms with E-state index in [0.717, 1.165) is 21.2 Å². The highest BCUT2D eigenvalue weighted by molar-refractivity contribution is 9.11. The molecule has 0 saturated heterocycles. The minimum Gasteiger partial charge on any atom is -0.380 e. The summed E-state index contributed by atoms with van der Waals surface area (Å²) in [6, 6.07) is 4.16. The van der Waals surface area contributed by atoms with Crippen LogP contribution >= 0.6 is 31.9 Å². The fourth-order valence-corrected chi connectivity index (χ4v) is 2.74. The minimum atomic E-state index is 0.764. The van der Waals surface area contributed by atoms with Crippen LogP contribution in [-0.2, 0) is 0 Å². The van der Waals surface area contributed by atoms with Crippen LogP contribution in [0.25, 0.3) is 0 Å². The summed E-state index contributed by atoms with van der Waals surface area (Å²) in [6.07, 6.45) is 1.83. The second-order valence-electron chi connectivity index (χ2n) is 2.77. The van der Waals surface area contributed by atoms with Crippen LogP contribution in [0.5, 0.6) is 0 Å². The Balaban J connectivity index is 2.98. The van der Waals surface area contributed by atoms with Crippen LogP contribution in [0.2, 0.25) is 0 Å². The van der Waals surface area contributed by atoms with E-state index in [2.05, 4.69) is 62.8 Å². The molecule has 0 bridgehead atoms. The van der Waals surface area contributed by atoms with Crippen molar-refractivity contribution in [2.45, 2.75) is 6.92 Å². The van der Waals surface area contributed by atoms with E-state index in [1.807, 2.05) is 6.08 Å². The predicted octanol–water partition coefficient (Wildman–Crippen LogP) is 4.12. The van der Waals surface area contributed by atoms with Crippen molar-refractivity contribution in [3.63, 3.8) is 0 Å². The molecule has 1 aromatic rings. The highest BCUT2D eigenvalue weighted by Crippen LogP contribution is 2.31. The van der Waals surface area contributed by atoms with E-state index in [0.29, 0.717) is 0 Å². The average Bonchev–Trinajstić information content (AvgIpc) is 2.02. The molecule has 1 nitrogen and oxygen atoms in total. The number of anilines is 1. The third-order valence-electron chi connectivity index (χ3n) is 1.61. The summed E-state index contributed by atoms with van der Waals surface area (Å²) in [6.45, 7) is 6.49. The van der Waals surface area contributed by atoms with Crippen LogP contribution in [0.1, 0.15) is 5.56 Å². The predicted molar refractivity (Wildman–Crippen MR) is 65.3 cm³/mol. The van der Waals surface area contributed by atoms with Crippen LogP contribution in [-0.4, -0.2) is 6.54 Å². The molecule has 3 heteroatoms. The van der Waals surface area contributed by atoms with Gasteiger partial charge in [0.1, 0.15) is 0 Å². The third kappa shape index (κ3) is 2.85. The molecule has 0 heterocycles. The Kier molecular flexibility index (Phi) is 4.00. The van der Waals surface area contributed by atoms with Gasteiger partial charge < -0.3 is 5.32 Å². The fraction of sp³-hybridized carbons (Fsp3) is 0.200. The van der Waals surface area contributed by atoms with E-state index < -0.39 is 0 Å². The van der Waals surface area contributed by atoms with Crippen LogP contribution in [0.3, 0.4) is 0 Å². The number of nitrogens with one attached hydrogen (secondary N) is 1. The van der Waals surface area contributed by atoms with Gasteiger partial charge in [-0.3, -0.25) is 0 Å². The molecule has 13 heavy (non-hydrogen) atoms. The lowest BCUT2D eigenvalue weighted by Gasteiger charge is -2.09. The van der Waals surface area contributed by atoms with Gasteiger partial charge in [0.25, 0.3) is 0 Å². The molecular weight excluding hydrogens is 294 g/mol. The first-order valence-corrected chi connectivity index (χ1v) is 5.54. The molecule has 0 spiro atoms. The zero-order chi connectivity index (χ0) is 9.84. The first-order chi connectivity index (χ1) is 6.15. The third-order valence-corrected chi connectivity index (χ3v) is 2.86. The van der Waals surface area contributed by atoms with Crippen LogP contribution < -0.4 is 5.32 Å². The second kappa shape index (κ2) is 4.82. The maximum Gasteiger partial charge on any atom is 0.0631 e. The van der Waals surface area contributed by atoms with Crippen molar-refractivity contribution in [3.8, 4) is 0 Å². The molecule has 1 aromatic carbocycles. The van der Waals surface area contributed by atoms with Crippen molar-refractivity contribution < 1.29 is 0 Å². The number of halogens is 2. The van der Waals surface area contributed by atoms with Crippen molar-refractivity contribution in [1.29, 1.82) is 0 Å². The quantitative estimate of drug-likeness (QED) is 0.828. The van der Waals surface area contributed by atoms with Crippen LogP contribution in [0.15, 0.2) is 33.7 Å². The highest BCUT2D eigenvalue weighted by atomic mass is 79.9. The summed E-state index contributed by atoms with van der Waals surface area (Å²) >= 11 is 7.00. The van der Waals surface area contributed by atoms with Gasteiger partial charge in [-0.2, -0.15) is 0 Å². The lowest BCUT2D eigenvalue weighted by Crippen LogP contribution is -1.99. The number of hydrogen-bond donors (Lipinski definition) is 1.